The van der Waals surface area contributed by atoms with Gasteiger partial charge in [0.05, 0.1) is 0 Å². The summed E-state index contributed by atoms with van der Waals surface area (Å²) in [4.78, 5) is 2.37. The quantitative estimate of drug-likeness (QED) is 0.717. The Kier molecular flexibility index (Phi) is 3.93. The lowest BCUT2D eigenvalue weighted by Crippen LogP contribution is -2.41. The Labute approximate surface area is 108 Å². The lowest BCUT2D eigenvalue weighted by molar-refractivity contribution is 0.390. The van der Waals surface area contributed by atoms with Gasteiger partial charge in [-0.2, -0.15) is 0 Å². The minimum atomic E-state index is -0.206. The lowest BCUT2D eigenvalue weighted by Gasteiger charge is -2.39. The molecule has 17 heavy (non-hydrogen) atoms. The number of piperidine rings is 1. The fourth-order valence-corrected chi connectivity index (χ4v) is 2.78. The Morgan fingerprint density at radius 3 is 2.82 bits per heavy atom. The number of alkyl halides is 1. The topological polar surface area (TPSA) is 3.24 Å². The van der Waals surface area contributed by atoms with Gasteiger partial charge in [0, 0.05) is 24.2 Å². The molecular formula is C14H19ClFN. The predicted octanol–water partition coefficient (Wildman–Crippen LogP) is 4.19. The molecule has 1 aromatic rings. The van der Waals surface area contributed by atoms with Crippen molar-refractivity contribution in [2.24, 2.45) is 5.92 Å². The van der Waals surface area contributed by atoms with E-state index >= 15 is 0 Å². The first-order valence-corrected chi connectivity index (χ1v) is 6.76. The molecule has 0 saturated carbocycles. The Bertz CT molecular complexity index is 394. The zero-order valence-electron chi connectivity index (χ0n) is 10.4. The molecule has 1 aliphatic rings. The molecule has 0 amide bonds. The van der Waals surface area contributed by atoms with Gasteiger partial charge in [-0.1, -0.05) is 6.92 Å². The zero-order chi connectivity index (χ0) is 12.4. The highest BCUT2D eigenvalue weighted by Crippen LogP contribution is 2.31. The van der Waals surface area contributed by atoms with E-state index in [1.165, 1.54) is 18.9 Å². The molecule has 1 aromatic carbocycles. The maximum absolute atomic E-state index is 13.2. The highest BCUT2D eigenvalue weighted by Gasteiger charge is 2.24. The van der Waals surface area contributed by atoms with Crippen LogP contribution >= 0.6 is 11.6 Å². The fourth-order valence-electron chi connectivity index (χ4n) is 2.57. The summed E-state index contributed by atoms with van der Waals surface area (Å²) in [5, 5.41) is 0. The molecule has 0 aliphatic carbocycles. The average Bonchev–Trinajstić information content (AvgIpc) is 2.32. The number of hydrogen-bond acceptors (Lipinski definition) is 1. The van der Waals surface area contributed by atoms with Crippen LogP contribution in [0.4, 0.5) is 10.1 Å². The SMILES string of the molecule is CC1CCC(C)N(c2ccc(F)cc2CCl)C1. The van der Waals surface area contributed by atoms with Crippen LogP contribution < -0.4 is 4.90 Å². The van der Waals surface area contributed by atoms with E-state index in [0.717, 1.165) is 17.8 Å². The van der Waals surface area contributed by atoms with E-state index in [4.69, 9.17) is 11.6 Å². The molecule has 2 atom stereocenters. The first kappa shape index (κ1) is 12.7. The summed E-state index contributed by atoms with van der Waals surface area (Å²) < 4.78 is 13.2. The Morgan fingerprint density at radius 2 is 2.12 bits per heavy atom. The summed E-state index contributed by atoms with van der Waals surface area (Å²) in [6.07, 6.45) is 2.47. The van der Waals surface area contributed by atoms with Crippen molar-refractivity contribution in [2.45, 2.75) is 38.6 Å². The van der Waals surface area contributed by atoms with Crippen molar-refractivity contribution in [3.05, 3.63) is 29.6 Å². The van der Waals surface area contributed by atoms with Gasteiger partial charge >= 0.3 is 0 Å². The number of rotatable bonds is 2. The highest BCUT2D eigenvalue weighted by molar-refractivity contribution is 6.17. The van der Waals surface area contributed by atoms with Crippen LogP contribution in [0.25, 0.3) is 0 Å². The smallest absolute Gasteiger partial charge is 0.123 e. The van der Waals surface area contributed by atoms with E-state index in [1.807, 2.05) is 6.07 Å². The van der Waals surface area contributed by atoms with Gasteiger partial charge in [0.25, 0.3) is 0 Å². The van der Waals surface area contributed by atoms with Gasteiger partial charge in [-0.25, -0.2) is 4.39 Å². The van der Waals surface area contributed by atoms with Crippen molar-refractivity contribution in [3.63, 3.8) is 0 Å². The molecule has 0 radical (unpaired) electrons. The largest absolute Gasteiger partial charge is 0.368 e. The van der Waals surface area contributed by atoms with Crippen LogP contribution in [0.1, 0.15) is 32.3 Å². The standard InChI is InChI=1S/C14H19ClFN/c1-10-3-4-11(2)17(9-10)14-6-5-13(16)7-12(14)8-15/h5-7,10-11H,3-4,8-9H2,1-2H3. The van der Waals surface area contributed by atoms with Gasteiger partial charge in [-0.05, 0) is 49.4 Å². The summed E-state index contributed by atoms with van der Waals surface area (Å²) in [5.74, 6) is 0.853. The summed E-state index contributed by atoms with van der Waals surface area (Å²) in [6.45, 7) is 5.53. The Hall–Kier alpha value is -0.760. The van der Waals surface area contributed by atoms with Gasteiger partial charge < -0.3 is 4.90 Å². The van der Waals surface area contributed by atoms with Crippen molar-refractivity contribution in [1.82, 2.24) is 0 Å². The van der Waals surface area contributed by atoms with Crippen molar-refractivity contribution in [2.75, 3.05) is 11.4 Å². The minimum Gasteiger partial charge on any atom is -0.368 e. The summed E-state index contributed by atoms with van der Waals surface area (Å²) >= 11 is 5.91. The monoisotopic (exact) mass is 255 g/mol. The summed E-state index contributed by atoms with van der Waals surface area (Å²) in [6, 6.07) is 5.45. The van der Waals surface area contributed by atoms with Crippen LogP contribution in [0.15, 0.2) is 18.2 Å². The second-order valence-corrected chi connectivity index (χ2v) is 5.36. The Balaban J connectivity index is 2.31. The fraction of sp³-hybridized carbons (Fsp3) is 0.571. The number of nitrogens with zero attached hydrogens (tertiary/aromatic N) is 1. The molecule has 1 fully saturated rings. The van der Waals surface area contributed by atoms with Crippen molar-refractivity contribution >= 4 is 17.3 Å². The number of halogens is 2. The molecule has 0 bridgehead atoms. The molecular weight excluding hydrogens is 237 g/mol. The highest BCUT2D eigenvalue weighted by atomic mass is 35.5. The normalized spacial score (nSPS) is 25.1. The molecule has 2 rings (SSSR count). The van der Waals surface area contributed by atoms with E-state index in [0.29, 0.717) is 17.8 Å². The molecule has 3 heteroatoms. The third-order valence-corrected chi connectivity index (χ3v) is 3.90. The first-order chi connectivity index (χ1) is 8.11. The zero-order valence-corrected chi connectivity index (χ0v) is 11.2. The van der Waals surface area contributed by atoms with E-state index in [2.05, 4.69) is 18.7 Å². The summed E-state index contributed by atoms with van der Waals surface area (Å²) in [5.41, 5.74) is 1.99. The Morgan fingerprint density at radius 1 is 1.35 bits per heavy atom. The lowest BCUT2D eigenvalue weighted by atomic mass is 9.94. The van der Waals surface area contributed by atoms with Crippen LogP contribution in [0.2, 0.25) is 0 Å². The van der Waals surface area contributed by atoms with Crippen molar-refractivity contribution in [1.29, 1.82) is 0 Å². The van der Waals surface area contributed by atoms with Crippen molar-refractivity contribution < 1.29 is 4.39 Å². The first-order valence-electron chi connectivity index (χ1n) is 6.23. The second kappa shape index (κ2) is 5.26. The van der Waals surface area contributed by atoms with Gasteiger partial charge in [0.2, 0.25) is 0 Å². The number of hydrogen-bond donors (Lipinski definition) is 0. The van der Waals surface area contributed by atoms with E-state index in [-0.39, 0.29) is 5.82 Å². The predicted molar refractivity (Wildman–Crippen MR) is 71.2 cm³/mol. The molecule has 94 valence electrons. The van der Waals surface area contributed by atoms with Crippen molar-refractivity contribution in [3.8, 4) is 0 Å². The van der Waals surface area contributed by atoms with E-state index < -0.39 is 0 Å². The van der Waals surface area contributed by atoms with Crippen LogP contribution in [0.3, 0.4) is 0 Å². The van der Waals surface area contributed by atoms with Gasteiger partial charge in [-0.3, -0.25) is 0 Å². The average molecular weight is 256 g/mol. The van der Waals surface area contributed by atoms with Gasteiger partial charge in [0.15, 0.2) is 0 Å². The minimum absolute atomic E-state index is 0.206. The second-order valence-electron chi connectivity index (χ2n) is 5.09. The third-order valence-electron chi connectivity index (χ3n) is 3.61. The van der Waals surface area contributed by atoms with Crippen LogP contribution in [0, 0.1) is 11.7 Å². The van der Waals surface area contributed by atoms with Crippen LogP contribution in [0.5, 0.6) is 0 Å². The van der Waals surface area contributed by atoms with Gasteiger partial charge in [0.1, 0.15) is 5.82 Å². The molecule has 1 saturated heterocycles. The molecule has 1 nitrogen and oxygen atoms in total. The molecule has 0 aromatic heterocycles. The maximum Gasteiger partial charge on any atom is 0.123 e. The van der Waals surface area contributed by atoms with Crippen LogP contribution in [-0.2, 0) is 5.88 Å². The van der Waals surface area contributed by atoms with E-state index in [9.17, 15) is 4.39 Å². The molecule has 2 unspecified atom stereocenters. The number of benzene rings is 1. The van der Waals surface area contributed by atoms with Gasteiger partial charge in [-0.15, -0.1) is 11.6 Å². The van der Waals surface area contributed by atoms with E-state index in [1.54, 1.807) is 6.07 Å². The third kappa shape index (κ3) is 2.74. The number of anilines is 1. The summed E-state index contributed by atoms with van der Waals surface area (Å²) in [7, 11) is 0. The maximum atomic E-state index is 13.2. The molecule has 1 heterocycles. The molecule has 1 aliphatic heterocycles. The molecule has 0 spiro atoms. The molecule has 0 N–H and O–H groups in total. The van der Waals surface area contributed by atoms with Crippen LogP contribution in [-0.4, -0.2) is 12.6 Å².